The summed E-state index contributed by atoms with van der Waals surface area (Å²) in [5.74, 6) is 0. The minimum absolute atomic E-state index is 1.14. The molecule has 0 aliphatic rings. The maximum absolute atomic E-state index is 2.39. The van der Waals surface area contributed by atoms with Crippen LogP contribution in [-0.4, -0.2) is 0 Å². The van der Waals surface area contributed by atoms with Crippen LogP contribution in [0.25, 0.3) is 0 Å². The third-order valence-corrected chi connectivity index (χ3v) is 2.71. The van der Waals surface area contributed by atoms with E-state index in [1.807, 2.05) is 0 Å². The van der Waals surface area contributed by atoms with Crippen LogP contribution in [0.15, 0.2) is 18.3 Å². The van der Waals surface area contributed by atoms with Crippen molar-refractivity contribution >= 4 is 0 Å². The van der Waals surface area contributed by atoms with E-state index in [4.69, 9.17) is 0 Å². The Balaban J connectivity index is 2.82. The minimum atomic E-state index is 1.14. The summed E-state index contributed by atoms with van der Waals surface area (Å²) in [7, 11) is 0. The SMILES string of the molecule is CCCC[n+]1ccc(CC)cc1CC. The average Bonchev–Trinajstić information content (AvgIpc) is 2.26. The van der Waals surface area contributed by atoms with E-state index in [-0.39, 0.29) is 0 Å². The summed E-state index contributed by atoms with van der Waals surface area (Å²) in [6, 6.07) is 4.59. The molecular weight excluding hydrogens is 170 g/mol. The average molecular weight is 192 g/mol. The number of hydrogen-bond acceptors (Lipinski definition) is 0. The van der Waals surface area contributed by atoms with Crippen molar-refractivity contribution in [1.82, 2.24) is 0 Å². The van der Waals surface area contributed by atoms with Gasteiger partial charge < -0.3 is 0 Å². The topological polar surface area (TPSA) is 3.88 Å². The lowest BCUT2D eigenvalue weighted by Crippen LogP contribution is -2.38. The third kappa shape index (κ3) is 2.83. The van der Waals surface area contributed by atoms with Crippen molar-refractivity contribution in [2.45, 2.75) is 53.0 Å². The van der Waals surface area contributed by atoms with Crippen molar-refractivity contribution < 1.29 is 4.57 Å². The summed E-state index contributed by atoms with van der Waals surface area (Å²) in [5.41, 5.74) is 2.92. The Morgan fingerprint density at radius 1 is 1.14 bits per heavy atom. The molecular formula is C13H22N+. The summed E-state index contributed by atoms with van der Waals surface area (Å²) < 4.78 is 2.39. The summed E-state index contributed by atoms with van der Waals surface area (Å²) in [6.07, 6.45) is 7.07. The molecule has 78 valence electrons. The van der Waals surface area contributed by atoms with Gasteiger partial charge in [0.15, 0.2) is 11.9 Å². The van der Waals surface area contributed by atoms with E-state index in [1.54, 1.807) is 0 Å². The smallest absolute Gasteiger partial charge is 0.181 e. The van der Waals surface area contributed by atoms with E-state index in [9.17, 15) is 0 Å². The van der Waals surface area contributed by atoms with Crippen LogP contribution in [-0.2, 0) is 19.4 Å². The van der Waals surface area contributed by atoms with Gasteiger partial charge in [-0.3, -0.25) is 0 Å². The van der Waals surface area contributed by atoms with Gasteiger partial charge in [0.25, 0.3) is 0 Å². The molecule has 0 amide bonds. The molecule has 14 heavy (non-hydrogen) atoms. The maximum atomic E-state index is 2.39. The first-order valence-corrected chi connectivity index (χ1v) is 5.83. The summed E-state index contributed by atoms with van der Waals surface area (Å²) >= 11 is 0. The zero-order valence-corrected chi connectivity index (χ0v) is 9.71. The second kappa shape index (κ2) is 5.79. The normalized spacial score (nSPS) is 10.5. The molecule has 0 bridgehead atoms. The Kier molecular flexibility index (Phi) is 4.64. The molecule has 0 aromatic carbocycles. The van der Waals surface area contributed by atoms with Crippen LogP contribution in [0, 0.1) is 0 Å². The minimum Gasteiger partial charge on any atom is -0.202 e. The molecule has 0 N–H and O–H groups in total. The summed E-state index contributed by atoms with van der Waals surface area (Å²) in [5, 5.41) is 0. The van der Waals surface area contributed by atoms with E-state index in [0.29, 0.717) is 0 Å². The highest BCUT2D eigenvalue weighted by molar-refractivity contribution is 5.12. The molecule has 0 radical (unpaired) electrons. The van der Waals surface area contributed by atoms with Gasteiger partial charge in [0, 0.05) is 25.0 Å². The van der Waals surface area contributed by atoms with Crippen LogP contribution in [0.4, 0.5) is 0 Å². The van der Waals surface area contributed by atoms with Gasteiger partial charge in [-0.05, 0) is 12.0 Å². The van der Waals surface area contributed by atoms with Crippen LogP contribution >= 0.6 is 0 Å². The monoisotopic (exact) mass is 192 g/mol. The van der Waals surface area contributed by atoms with Crippen molar-refractivity contribution in [1.29, 1.82) is 0 Å². The predicted octanol–water partition coefficient (Wildman–Crippen LogP) is 2.90. The number of unbranched alkanes of at least 4 members (excludes halogenated alkanes) is 1. The van der Waals surface area contributed by atoms with Crippen molar-refractivity contribution in [3.05, 3.63) is 29.6 Å². The van der Waals surface area contributed by atoms with Crippen molar-refractivity contribution in [3.8, 4) is 0 Å². The van der Waals surface area contributed by atoms with Gasteiger partial charge in [-0.25, -0.2) is 4.57 Å². The number of rotatable bonds is 5. The van der Waals surface area contributed by atoms with Crippen molar-refractivity contribution in [3.63, 3.8) is 0 Å². The second-order valence-corrected chi connectivity index (χ2v) is 3.78. The molecule has 0 fully saturated rings. The molecule has 0 spiro atoms. The Labute approximate surface area is 87.8 Å². The second-order valence-electron chi connectivity index (χ2n) is 3.78. The molecule has 0 unspecified atom stereocenters. The van der Waals surface area contributed by atoms with Crippen LogP contribution in [0.2, 0.25) is 0 Å². The summed E-state index contributed by atoms with van der Waals surface area (Å²) in [4.78, 5) is 0. The van der Waals surface area contributed by atoms with Gasteiger partial charge in [0.05, 0.1) is 0 Å². The highest BCUT2D eigenvalue weighted by atomic mass is 14.9. The van der Waals surface area contributed by atoms with E-state index in [1.165, 1.54) is 30.6 Å². The first-order valence-electron chi connectivity index (χ1n) is 5.83. The quantitative estimate of drug-likeness (QED) is 0.632. The fourth-order valence-corrected chi connectivity index (χ4v) is 1.70. The van der Waals surface area contributed by atoms with Gasteiger partial charge in [0.1, 0.15) is 6.54 Å². The first kappa shape index (κ1) is 11.2. The van der Waals surface area contributed by atoms with Gasteiger partial charge in [-0.2, -0.15) is 0 Å². The lowest BCUT2D eigenvalue weighted by Gasteiger charge is -2.03. The highest BCUT2D eigenvalue weighted by Crippen LogP contribution is 2.02. The van der Waals surface area contributed by atoms with E-state index < -0.39 is 0 Å². The molecule has 0 aliphatic heterocycles. The molecule has 0 atom stereocenters. The van der Waals surface area contributed by atoms with Gasteiger partial charge in [-0.15, -0.1) is 0 Å². The zero-order valence-electron chi connectivity index (χ0n) is 9.71. The highest BCUT2D eigenvalue weighted by Gasteiger charge is 2.08. The molecule has 1 rings (SSSR count). The zero-order chi connectivity index (χ0) is 10.4. The number of nitrogens with zero attached hydrogens (tertiary/aromatic N) is 1. The Morgan fingerprint density at radius 2 is 1.93 bits per heavy atom. The summed E-state index contributed by atoms with van der Waals surface area (Å²) in [6.45, 7) is 7.86. The predicted molar refractivity (Wildman–Crippen MR) is 60.3 cm³/mol. The number of pyridine rings is 1. The van der Waals surface area contributed by atoms with E-state index in [2.05, 4.69) is 43.7 Å². The Hall–Kier alpha value is -0.850. The van der Waals surface area contributed by atoms with Crippen LogP contribution < -0.4 is 4.57 Å². The molecule has 1 nitrogen and oxygen atoms in total. The molecule has 0 saturated heterocycles. The number of aryl methyl sites for hydroxylation is 3. The first-order chi connectivity index (χ1) is 6.81. The molecule has 1 aromatic heterocycles. The van der Waals surface area contributed by atoms with Crippen LogP contribution in [0.3, 0.4) is 0 Å². The molecule has 1 heterocycles. The Morgan fingerprint density at radius 3 is 2.50 bits per heavy atom. The largest absolute Gasteiger partial charge is 0.202 e. The van der Waals surface area contributed by atoms with Crippen molar-refractivity contribution in [2.75, 3.05) is 0 Å². The molecule has 0 aliphatic carbocycles. The standard InChI is InChI=1S/C13H22N/c1-4-7-9-14-10-8-12(5-2)11-13(14)6-3/h8,10-11H,4-7,9H2,1-3H3/q+1. The van der Waals surface area contributed by atoms with Gasteiger partial charge in [0.2, 0.25) is 0 Å². The van der Waals surface area contributed by atoms with Gasteiger partial charge in [-0.1, -0.05) is 27.2 Å². The van der Waals surface area contributed by atoms with Crippen LogP contribution in [0.5, 0.6) is 0 Å². The fourth-order valence-electron chi connectivity index (χ4n) is 1.70. The van der Waals surface area contributed by atoms with Gasteiger partial charge >= 0.3 is 0 Å². The maximum Gasteiger partial charge on any atom is 0.181 e. The Bertz CT molecular complexity index is 279. The molecule has 1 aromatic rings. The number of aromatic nitrogens is 1. The molecule has 1 heteroatoms. The fraction of sp³-hybridized carbons (Fsp3) is 0.615. The lowest BCUT2D eigenvalue weighted by atomic mass is 10.1. The van der Waals surface area contributed by atoms with E-state index >= 15 is 0 Å². The van der Waals surface area contributed by atoms with Crippen molar-refractivity contribution in [2.24, 2.45) is 0 Å². The third-order valence-electron chi connectivity index (χ3n) is 2.71. The number of hydrogen-bond donors (Lipinski definition) is 0. The van der Waals surface area contributed by atoms with Crippen LogP contribution in [0.1, 0.15) is 44.9 Å². The lowest BCUT2D eigenvalue weighted by molar-refractivity contribution is -0.704. The molecule has 0 saturated carbocycles. The van der Waals surface area contributed by atoms with E-state index in [0.717, 1.165) is 12.8 Å².